The lowest BCUT2D eigenvalue weighted by atomic mass is 10.1. The number of aromatic amines is 1. The molecule has 0 radical (unpaired) electrons. The molecule has 0 spiro atoms. The van der Waals surface area contributed by atoms with Gasteiger partial charge in [0.25, 0.3) is 5.91 Å². The van der Waals surface area contributed by atoms with E-state index >= 15 is 0 Å². The molecule has 0 aliphatic rings. The summed E-state index contributed by atoms with van der Waals surface area (Å²) in [7, 11) is 0. The SMILES string of the molecule is CCNC(=NCCc1c[nH]c2ccccc12)NCCNC(=O)c1ccccc1Cl. The highest BCUT2D eigenvalue weighted by molar-refractivity contribution is 6.33. The van der Waals surface area contributed by atoms with Crippen LogP contribution in [0.1, 0.15) is 22.8 Å². The van der Waals surface area contributed by atoms with Crippen molar-refractivity contribution < 1.29 is 4.79 Å². The standard InChI is InChI=1S/C22H26ClN5O/c1-2-24-22(26-12-11-16-15-28-20-10-6-4-7-17(16)20)27-14-13-25-21(29)18-8-3-5-9-19(18)23/h3-10,15,28H,2,11-14H2,1H3,(H,25,29)(H2,24,26,27). The number of fused-ring (bicyclic) bond motifs is 1. The van der Waals surface area contributed by atoms with Gasteiger partial charge in [-0.3, -0.25) is 9.79 Å². The van der Waals surface area contributed by atoms with Crippen molar-refractivity contribution in [2.75, 3.05) is 26.2 Å². The van der Waals surface area contributed by atoms with Crippen molar-refractivity contribution in [3.63, 3.8) is 0 Å². The van der Waals surface area contributed by atoms with E-state index in [1.165, 1.54) is 10.9 Å². The van der Waals surface area contributed by atoms with Crippen LogP contribution >= 0.6 is 11.6 Å². The Labute approximate surface area is 175 Å². The second kappa shape index (κ2) is 10.5. The molecule has 0 saturated carbocycles. The highest BCUT2D eigenvalue weighted by Gasteiger charge is 2.08. The van der Waals surface area contributed by atoms with Crippen molar-refractivity contribution in [1.29, 1.82) is 0 Å². The molecule has 29 heavy (non-hydrogen) atoms. The minimum atomic E-state index is -0.182. The molecule has 0 unspecified atom stereocenters. The molecule has 0 bridgehead atoms. The summed E-state index contributed by atoms with van der Waals surface area (Å²) < 4.78 is 0. The number of hydrogen-bond acceptors (Lipinski definition) is 2. The number of aromatic nitrogens is 1. The summed E-state index contributed by atoms with van der Waals surface area (Å²) in [5, 5.41) is 11.0. The Hall–Kier alpha value is -2.99. The van der Waals surface area contributed by atoms with Gasteiger partial charge in [0.1, 0.15) is 0 Å². The number of nitrogens with zero attached hydrogens (tertiary/aromatic N) is 1. The molecule has 4 N–H and O–H groups in total. The molecule has 1 heterocycles. The number of amides is 1. The Morgan fingerprint density at radius 1 is 1.03 bits per heavy atom. The smallest absolute Gasteiger partial charge is 0.252 e. The van der Waals surface area contributed by atoms with E-state index in [4.69, 9.17) is 11.6 Å². The van der Waals surface area contributed by atoms with E-state index in [-0.39, 0.29) is 5.91 Å². The van der Waals surface area contributed by atoms with Crippen molar-refractivity contribution in [1.82, 2.24) is 20.9 Å². The van der Waals surface area contributed by atoms with Crippen LogP contribution in [0.2, 0.25) is 5.02 Å². The molecule has 0 aliphatic heterocycles. The van der Waals surface area contributed by atoms with Crippen LogP contribution in [-0.4, -0.2) is 43.0 Å². The lowest BCUT2D eigenvalue weighted by Gasteiger charge is -2.12. The fraction of sp³-hybridized carbons (Fsp3) is 0.273. The van der Waals surface area contributed by atoms with Crippen LogP contribution in [0.5, 0.6) is 0 Å². The molecule has 0 aliphatic carbocycles. The summed E-state index contributed by atoms with van der Waals surface area (Å²) in [5.41, 5.74) is 2.88. The Bertz CT molecular complexity index is 982. The largest absolute Gasteiger partial charge is 0.361 e. The summed E-state index contributed by atoms with van der Waals surface area (Å²) in [5.74, 6) is 0.554. The van der Waals surface area contributed by atoms with Gasteiger partial charge in [-0.05, 0) is 37.1 Å². The number of carbonyl (C=O) groups excluding carboxylic acids is 1. The second-order valence-electron chi connectivity index (χ2n) is 6.53. The van der Waals surface area contributed by atoms with E-state index in [0.717, 1.165) is 24.4 Å². The number of H-pyrrole nitrogens is 1. The number of aliphatic imine (C=N–C) groups is 1. The number of hydrogen-bond donors (Lipinski definition) is 4. The van der Waals surface area contributed by atoms with Gasteiger partial charge < -0.3 is 20.9 Å². The van der Waals surface area contributed by atoms with Crippen LogP contribution in [0.15, 0.2) is 59.7 Å². The molecular weight excluding hydrogens is 386 g/mol. The highest BCUT2D eigenvalue weighted by atomic mass is 35.5. The van der Waals surface area contributed by atoms with Crippen LogP contribution in [0.3, 0.4) is 0 Å². The molecule has 3 aromatic rings. The maximum absolute atomic E-state index is 12.2. The fourth-order valence-corrected chi connectivity index (χ4v) is 3.29. The average molecular weight is 412 g/mol. The Balaban J connectivity index is 1.47. The summed E-state index contributed by atoms with van der Waals surface area (Å²) in [4.78, 5) is 20.1. The van der Waals surface area contributed by atoms with E-state index in [9.17, 15) is 4.79 Å². The van der Waals surface area contributed by atoms with Crippen molar-refractivity contribution in [2.24, 2.45) is 4.99 Å². The van der Waals surface area contributed by atoms with Gasteiger partial charge in [-0.2, -0.15) is 0 Å². The number of benzene rings is 2. The van der Waals surface area contributed by atoms with Crippen LogP contribution in [-0.2, 0) is 6.42 Å². The van der Waals surface area contributed by atoms with Gasteiger partial charge in [0.15, 0.2) is 5.96 Å². The van der Waals surface area contributed by atoms with E-state index in [1.54, 1.807) is 24.3 Å². The van der Waals surface area contributed by atoms with Crippen molar-refractivity contribution in [3.8, 4) is 0 Å². The first-order valence-corrected chi connectivity index (χ1v) is 10.2. The van der Waals surface area contributed by atoms with Gasteiger partial charge >= 0.3 is 0 Å². The number of rotatable bonds is 8. The average Bonchev–Trinajstić information content (AvgIpc) is 3.14. The van der Waals surface area contributed by atoms with Crippen molar-refractivity contribution in [2.45, 2.75) is 13.3 Å². The minimum absolute atomic E-state index is 0.182. The van der Waals surface area contributed by atoms with Crippen LogP contribution < -0.4 is 16.0 Å². The van der Waals surface area contributed by atoms with Gasteiger partial charge in [-0.1, -0.05) is 41.9 Å². The zero-order valence-electron chi connectivity index (χ0n) is 16.5. The number of para-hydroxylation sites is 1. The molecule has 0 saturated heterocycles. The molecule has 7 heteroatoms. The number of guanidine groups is 1. The second-order valence-corrected chi connectivity index (χ2v) is 6.94. The summed E-state index contributed by atoms with van der Waals surface area (Å²) in [6.45, 7) is 4.50. The number of nitrogens with one attached hydrogen (secondary N) is 4. The molecule has 1 amide bonds. The topological polar surface area (TPSA) is 81.3 Å². The first-order valence-electron chi connectivity index (χ1n) is 9.79. The molecule has 1 aromatic heterocycles. The zero-order chi connectivity index (χ0) is 20.5. The van der Waals surface area contributed by atoms with E-state index < -0.39 is 0 Å². The summed E-state index contributed by atoms with van der Waals surface area (Å²) in [6, 6.07) is 15.3. The third-order valence-electron chi connectivity index (χ3n) is 4.49. The lowest BCUT2D eigenvalue weighted by Crippen LogP contribution is -2.41. The van der Waals surface area contributed by atoms with Gasteiger partial charge in [-0.15, -0.1) is 0 Å². The number of carbonyl (C=O) groups is 1. The van der Waals surface area contributed by atoms with Gasteiger partial charge in [0.05, 0.1) is 10.6 Å². The zero-order valence-corrected chi connectivity index (χ0v) is 17.2. The van der Waals surface area contributed by atoms with E-state index in [0.29, 0.717) is 30.2 Å². The fourth-order valence-electron chi connectivity index (χ4n) is 3.07. The monoisotopic (exact) mass is 411 g/mol. The normalized spacial score (nSPS) is 11.4. The van der Waals surface area contributed by atoms with Crippen LogP contribution in [0.4, 0.5) is 0 Å². The van der Waals surface area contributed by atoms with Crippen molar-refractivity contribution >= 4 is 34.4 Å². The lowest BCUT2D eigenvalue weighted by molar-refractivity contribution is 0.0954. The summed E-state index contributed by atoms with van der Waals surface area (Å²) >= 11 is 6.05. The number of halogens is 1. The molecule has 2 aromatic carbocycles. The Morgan fingerprint density at radius 2 is 1.79 bits per heavy atom. The Kier molecular flexibility index (Phi) is 7.53. The molecule has 3 rings (SSSR count). The molecule has 0 fully saturated rings. The molecular formula is C22H26ClN5O. The summed E-state index contributed by atoms with van der Waals surface area (Å²) in [6.07, 6.45) is 2.90. The van der Waals surface area contributed by atoms with Gasteiger partial charge in [0, 0.05) is 43.3 Å². The van der Waals surface area contributed by atoms with E-state index in [1.807, 2.05) is 25.3 Å². The minimum Gasteiger partial charge on any atom is -0.361 e. The predicted octanol–water partition coefficient (Wildman–Crippen LogP) is 3.35. The van der Waals surface area contributed by atoms with Crippen LogP contribution in [0, 0.1) is 0 Å². The quantitative estimate of drug-likeness (QED) is 0.260. The maximum atomic E-state index is 12.2. The predicted molar refractivity (Wildman–Crippen MR) is 120 cm³/mol. The first kappa shape index (κ1) is 20.7. The van der Waals surface area contributed by atoms with Gasteiger partial charge in [-0.25, -0.2) is 0 Å². The molecule has 6 nitrogen and oxygen atoms in total. The van der Waals surface area contributed by atoms with E-state index in [2.05, 4.69) is 38.1 Å². The highest BCUT2D eigenvalue weighted by Crippen LogP contribution is 2.18. The molecule has 152 valence electrons. The van der Waals surface area contributed by atoms with Crippen LogP contribution in [0.25, 0.3) is 10.9 Å². The van der Waals surface area contributed by atoms with Crippen molar-refractivity contribution in [3.05, 3.63) is 70.9 Å². The maximum Gasteiger partial charge on any atom is 0.252 e. The third kappa shape index (κ3) is 5.74. The molecule has 0 atom stereocenters. The third-order valence-corrected chi connectivity index (χ3v) is 4.82. The van der Waals surface area contributed by atoms with Gasteiger partial charge in [0.2, 0.25) is 0 Å². The Morgan fingerprint density at radius 3 is 2.62 bits per heavy atom. The first-order chi connectivity index (χ1) is 14.2.